The van der Waals surface area contributed by atoms with Gasteiger partial charge in [-0.25, -0.2) is 14.6 Å². The van der Waals surface area contributed by atoms with E-state index in [-0.39, 0.29) is 5.54 Å². The highest BCUT2D eigenvalue weighted by Crippen LogP contribution is 2.31. The summed E-state index contributed by atoms with van der Waals surface area (Å²) in [6.45, 7) is 11.5. The number of likely N-dealkylation sites (tertiary alicyclic amines) is 1. The van der Waals surface area contributed by atoms with E-state index in [1.165, 1.54) is 0 Å². The van der Waals surface area contributed by atoms with E-state index in [0.29, 0.717) is 5.92 Å². The molecule has 1 aliphatic heterocycles. The minimum atomic E-state index is -0.0415. The van der Waals surface area contributed by atoms with Crippen molar-refractivity contribution in [2.45, 2.75) is 58.5 Å². The van der Waals surface area contributed by atoms with Gasteiger partial charge in [-0.15, -0.1) is 0 Å². The van der Waals surface area contributed by atoms with Crippen molar-refractivity contribution < 1.29 is 4.42 Å². The summed E-state index contributed by atoms with van der Waals surface area (Å²) < 4.78 is 8.12. The van der Waals surface area contributed by atoms with Crippen LogP contribution in [-0.4, -0.2) is 37.7 Å². The van der Waals surface area contributed by atoms with E-state index in [2.05, 4.69) is 48.7 Å². The number of rotatable bonds is 3. The average Bonchev–Trinajstić information content (AvgIpc) is 3.23. The van der Waals surface area contributed by atoms with Crippen LogP contribution in [0.15, 0.2) is 28.9 Å². The zero-order valence-electron chi connectivity index (χ0n) is 16.1. The maximum atomic E-state index is 6.09. The Kier molecular flexibility index (Phi) is 4.31. The number of benzene rings is 1. The topological polar surface area (TPSA) is 60.0 Å². The first-order valence-corrected chi connectivity index (χ1v) is 9.39. The Morgan fingerprint density at radius 1 is 1.19 bits per heavy atom. The van der Waals surface area contributed by atoms with Crippen LogP contribution in [0.4, 0.5) is 0 Å². The average molecular weight is 353 g/mol. The molecule has 0 bridgehead atoms. The highest BCUT2D eigenvalue weighted by Gasteiger charge is 2.27. The number of piperidine rings is 1. The number of hydrogen-bond donors (Lipinski definition) is 0. The number of nitrogens with zero attached hydrogens (tertiary/aromatic N) is 5. The van der Waals surface area contributed by atoms with Crippen molar-refractivity contribution in [1.82, 2.24) is 24.6 Å². The Bertz CT molecular complexity index is 896. The third kappa shape index (κ3) is 3.26. The van der Waals surface area contributed by atoms with Crippen LogP contribution in [0, 0.1) is 6.92 Å². The Labute approximate surface area is 154 Å². The lowest BCUT2D eigenvalue weighted by atomic mass is 9.97. The predicted molar refractivity (Wildman–Crippen MR) is 101 cm³/mol. The number of hydrogen-bond acceptors (Lipinski definition) is 5. The molecule has 138 valence electrons. The van der Waals surface area contributed by atoms with Crippen LogP contribution in [0.2, 0.25) is 0 Å². The van der Waals surface area contributed by atoms with Gasteiger partial charge in [-0.05, 0) is 65.3 Å². The zero-order valence-corrected chi connectivity index (χ0v) is 16.1. The molecule has 0 spiro atoms. The Morgan fingerprint density at radius 3 is 2.65 bits per heavy atom. The van der Waals surface area contributed by atoms with Gasteiger partial charge in [0.2, 0.25) is 0 Å². The van der Waals surface area contributed by atoms with Gasteiger partial charge in [-0.1, -0.05) is 12.1 Å². The summed E-state index contributed by atoms with van der Waals surface area (Å²) >= 11 is 0. The van der Waals surface area contributed by atoms with Gasteiger partial charge in [-0.3, -0.25) is 4.90 Å². The fourth-order valence-corrected chi connectivity index (χ4v) is 3.75. The number of para-hydroxylation sites is 1. The van der Waals surface area contributed by atoms with Crippen molar-refractivity contribution in [3.05, 3.63) is 41.8 Å². The van der Waals surface area contributed by atoms with E-state index < -0.39 is 0 Å². The lowest BCUT2D eigenvalue weighted by molar-refractivity contribution is 0.182. The van der Waals surface area contributed by atoms with E-state index in [0.717, 1.165) is 60.9 Å². The standard InChI is InChI=1S/C20H27N5O/c1-14-6-5-7-16-18(14)26-19(23-16)15-8-10-24(11-9-15)12-17-21-13-22-25(17)20(2,3)4/h5-7,13,15H,8-12H2,1-4H3. The monoisotopic (exact) mass is 353 g/mol. The minimum Gasteiger partial charge on any atom is -0.440 e. The van der Waals surface area contributed by atoms with E-state index in [9.17, 15) is 0 Å². The van der Waals surface area contributed by atoms with Gasteiger partial charge in [0.1, 0.15) is 17.7 Å². The Morgan fingerprint density at radius 2 is 1.96 bits per heavy atom. The molecule has 0 aliphatic carbocycles. The van der Waals surface area contributed by atoms with Crippen molar-refractivity contribution in [3.63, 3.8) is 0 Å². The maximum Gasteiger partial charge on any atom is 0.198 e. The molecular formula is C20H27N5O. The van der Waals surface area contributed by atoms with Crippen LogP contribution >= 0.6 is 0 Å². The molecule has 6 nitrogen and oxygen atoms in total. The number of aryl methyl sites for hydroxylation is 1. The van der Waals surface area contributed by atoms with E-state index >= 15 is 0 Å². The summed E-state index contributed by atoms with van der Waals surface area (Å²) in [5.74, 6) is 2.33. The molecule has 3 heterocycles. The van der Waals surface area contributed by atoms with E-state index in [1.807, 2.05) is 16.8 Å². The molecule has 1 aliphatic rings. The van der Waals surface area contributed by atoms with Crippen molar-refractivity contribution in [2.75, 3.05) is 13.1 Å². The largest absolute Gasteiger partial charge is 0.440 e. The second kappa shape index (κ2) is 6.50. The molecule has 4 rings (SSSR count). The van der Waals surface area contributed by atoms with E-state index in [4.69, 9.17) is 9.40 Å². The molecule has 0 atom stereocenters. The lowest BCUT2D eigenvalue weighted by Gasteiger charge is -2.31. The van der Waals surface area contributed by atoms with Gasteiger partial charge >= 0.3 is 0 Å². The second-order valence-electron chi connectivity index (χ2n) is 8.28. The molecule has 0 N–H and O–H groups in total. The highest BCUT2D eigenvalue weighted by atomic mass is 16.3. The SMILES string of the molecule is Cc1cccc2nc(C3CCN(Cc4ncnn4C(C)(C)C)CC3)oc12. The normalized spacial score (nSPS) is 17.2. The molecule has 0 radical (unpaired) electrons. The van der Waals surface area contributed by atoms with Crippen molar-refractivity contribution >= 4 is 11.1 Å². The molecule has 1 fully saturated rings. The third-order valence-electron chi connectivity index (χ3n) is 5.18. The van der Waals surface area contributed by atoms with Crippen molar-refractivity contribution in [1.29, 1.82) is 0 Å². The molecule has 0 amide bonds. The van der Waals surface area contributed by atoms with Gasteiger partial charge < -0.3 is 4.42 Å². The van der Waals surface area contributed by atoms with E-state index in [1.54, 1.807) is 6.33 Å². The fraction of sp³-hybridized carbons (Fsp3) is 0.550. The number of fused-ring (bicyclic) bond motifs is 1. The van der Waals surface area contributed by atoms with Gasteiger partial charge in [0.05, 0.1) is 12.1 Å². The van der Waals surface area contributed by atoms with Gasteiger partial charge in [0.25, 0.3) is 0 Å². The van der Waals surface area contributed by atoms with Gasteiger partial charge in [0.15, 0.2) is 11.5 Å². The maximum absolute atomic E-state index is 6.09. The summed E-state index contributed by atoms with van der Waals surface area (Å²) in [5.41, 5.74) is 3.02. The number of aromatic nitrogens is 4. The molecule has 1 saturated heterocycles. The first-order chi connectivity index (χ1) is 12.4. The van der Waals surface area contributed by atoms with Crippen LogP contribution in [0.5, 0.6) is 0 Å². The van der Waals surface area contributed by atoms with Gasteiger partial charge in [-0.2, -0.15) is 5.10 Å². The molecule has 6 heteroatoms. The van der Waals surface area contributed by atoms with Crippen molar-refractivity contribution in [3.8, 4) is 0 Å². The first kappa shape index (κ1) is 17.2. The fourth-order valence-electron chi connectivity index (χ4n) is 3.75. The summed E-state index contributed by atoms with van der Waals surface area (Å²) in [6.07, 6.45) is 3.79. The summed E-state index contributed by atoms with van der Waals surface area (Å²) in [5, 5.41) is 4.40. The molecule has 1 aromatic carbocycles. The Hall–Kier alpha value is -2.21. The second-order valence-corrected chi connectivity index (χ2v) is 8.28. The van der Waals surface area contributed by atoms with Crippen LogP contribution in [0.1, 0.15) is 56.8 Å². The van der Waals surface area contributed by atoms with Crippen LogP contribution < -0.4 is 0 Å². The minimum absolute atomic E-state index is 0.0415. The quantitative estimate of drug-likeness (QED) is 0.715. The molecule has 0 unspecified atom stereocenters. The predicted octanol–water partition coefficient (Wildman–Crippen LogP) is 3.86. The molecule has 3 aromatic rings. The first-order valence-electron chi connectivity index (χ1n) is 9.39. The summed E-state index contributed by atoms with van der Waals surface area (Å²) in [6, 6.07) is 6.15. The highest BCUT2D eigenvalue weighted by molar-refractivity contribution is 5.76. The molecular weight excluding hydrogens is 326 g/mol. The molecule has 26 heavy (non-hydrogen) atoms. The van der Waals surface area contributed by atoms with Gasteiger partial charge in [0, 0.05) is 5.92 Å². The molecule has 0 saturated carbocycles. The third-order valence-corrected chi connectivity index (χ3v) is 5.18. The summed E-state index contributed by atoms with van der Waals surface area (Å²) in [4.78, 5) is 11.7. The Balaban J connectivity index is 1.43. The lowest BCUT2D eigenvalue weighted by Crippen LogP contribution is -2.35. The smallest absolute Gasteiger partial charge is 0.198 e. The van der Waals surface area contributed by atoms with Crippen LogP contribution in [0.3, 0.4) is 0 Å². The van der Waals surface area contributed by atoms with Crippen LogP contribution in [-0.2, 0) is 12.1 Å². The molecule has 2 aromatic heterocycles. The van der Waals surface area contributed by atoms with Crippen molar-refractivity contribution in [2.24, 2.45) is 0 Å². The summed E-state index contributed by atoms with van der Waals surface area (Å²) in [7, 11) is 0. The van der Waals surface area contributed by atoms with Crippen LogP contribution in [0.25, 0.3) is 11.1 Å². The number of oxazole rings is 1. The zero-order chi connectivity index (χ0) is 18.3.